The van der Waals surface area contributed by atoms with Crippen molar-refractivity contribution in [3.63, 3.8) is 0 Å². The van der Waals surface area contributed by atoms with E-state index >= 15 is 0 Å². The highest BCUT2D eigenvalue weighted by molar-refractivity contribution is 5.64. The first-order valence-corrected chi connectivity index (χ1v) is 9.80. The van der Waals surface area contributed by atoms with E-state index in [2.05, 4.69) is 4.98 Å². The van der Waals surface area contributed by atoms with E-state index in [-0.39, 0.29) is 11.7 Å². The molecule has 1 aromatic heterocycles. The van der Waals surface area contributed by atoms with Gasteiger partial charge in [0.15, 0.2) is 0 Å². The van der Waals surface area contributed by atoms with E-state index in [1.54, 1.807) is 30.7 Å². The predicted molar refractivity (Wildman–Crippen MR) is 112 cm³/mol. The topological polar surface area (TPSA) is 17.8 Å². The molecule has 0 aliphatic carbocycles. The summed E-state index contributed by atoms with van der Waals surface area (Å²) in [5.41, 5.74) is 3.45. The second-order valence-corrected chi connectivity index (χ2v) is 7.37. The summed E-state index contributed by atoms with van der Waals surface area (Å²) in [4.78, 5) is 4.01. The van der Waals surface area contributed by atoms with Gasteiger partial charge in [0.2, 0.25) is 0 Å². The monoisotopic (exact) mass is 406 g/mol. The molecule has 0 saturated heterocycles. The van der Waals surface area contributed by atoms with E-state index in [1.807, 2.05) is 42.0 Å². The van der Waals surface area contributed by atoms with Crippen LogP contribution in [0.5, 0.6) is 0 Å². The lowest BCUT2D eigenvalue weighted by Gasteiger charge is -2.15. The molecule has 2 nitrogen and oxygen atoms in total. The maximum absolute atomic E-state index is 14.8. The van der Waals surface area contributed by atoms with E-state index in [4.69, 9.17) is 0 Å². The Labute approximate surface area is 173 Å². The largest absolute Gasteiger partial charge is 0.337 e. The summed E-state index contributed by atoms with van der Waals surface area (Å²) >= 11 is 0. The van der Waals surface area contributed by atoms with Crippen LogP contribution in [0.4, 0.5) is 13.2 Å². The Morgan fingerprint density at radius 1 is 0.900 bits per heavy atom. The first kappa shape index (κ1) is 20.0. The Morgan fingerprint density at radius 3 is 2.37 bits per heavy atom. The summed E-state index contributed by atoms with van der Waals surface area (Å²) < 4.78 is 43.9. The van der Waals surface area contributed by atoms with E-state index in [0.29, 0.717) is 16.7 Å². The number of benzene rings is 3. The summed E-state index contributed by atoms with van der Waals surface area (Å²) in [6, 6.07) is 16.2. The standard InChI is InChI=1S/C25H21F3N2/c1-17(19-3-5-20(6-4-19)23-9-7-21(26)15-25(23)28)22-8-2-18(14-24(22)27)10-12-30-13-11-29-16-30/h2-9,11,13-17H,10,12H2,1H3. The third-order valence-electron chi connectivity index (χ3n) is 5.40. The van der Waals surface area contributed by atoms with Gasteiger partial charge in [0.25, 0.3) is 0 Å². The molecule has 1 atom stereocenters. The third kappa shape index (κ3) is 4.30. The van der Waals surface area contributed by atoms with Crippen molar-refractivity contribution in [1.82, 2.24) is 9.55 Å². The Morgan fingerprint density at radius 2 is 1.70 bits per heavy atom. The Bertz CT molecular complexity index is 1140. The molecule has 0 N–H and O–H groups in total. The van der Waals surface area contributed by atoms with Gasteiger partial charge in [0.1, 0.15) is 17.5 Å². The first-order valence-electron chi connectivity index (χ1n) is 9.80. The van der Waals surface area contributed by atoms with Crippen LogP contribution < -0.4 is 0 Å². The van der Waals surface area contributed by atoms with E-state index in [0.717, 1.165) is 30.2 Å². The van der Waals surface area contributed by atoms with Crippen LogP contribution in [0.3, 0.4) is 0 Å². The minimum atomic E-state index is -0.606. The molecule has 30 heavy (non-hydrogen) atoms. The lowest BCUT2D eigenvalue weighted by Crippen LogP contribution is -2.03. The number of hydrogen-bond acceptors (Lipinski definition) is 1. The molecule has 0 spiro atoms. The molecular formula is C25H21F3N2. The fraction of sp³-hybridized carbons (Fsp3) is 0.160. The molecule has 3 aromatic carbocycles. The maximum atomic E-state index is 14.8. The van der Waals surface area contributed by atoms with Crippen molar-refractivity contribution in [1.29, 1.82) is 0 Å². The van der Waals surface area contributed by atoms with Gasteiger partial charge < -0.3 is 4.57 Å². The molecule has 152 valence electrons. The van der Waals surface area contributed by atoms with Gasteiger partial charge >= 0.3 is 0 Å². The first-order chi connectivity index (χ1) is 14.5. The number of imidazole rings is 1. The van der Waals surface area contributed by atoms with Gasteiger partial charge in [0, 0.05) is 36.5 Å². The van der Waals surface area contributed by atoms with Crippen molar-refractivity contribution in [2.75, 3.05) is 0 Å². The minimum absolute atomic E-state index is 0.153. The van der Waals surface area contributed by atoms with Crippen LogP contribution in [-0.2, 0) is 13.0 Å². The normalized spacial score (nSPS) is 12.1. The van der Waals surface area contributed by atoms with E-state index in [9.17, 15) is 13.2 Å². The number of rotatable bonds is 6. The molecule has 1 unspecified atom stereocenters. The summed E-state index contributed by atoms with van der Waals surface area (Å²) in [7, 11) is 0. The molecule has 1 heterocycles. The van der Waals surface area contributed by atoms with Gasteiger partial charge in [-0.2, -0.15) is 0 Å². The van der Waals surface area contributed by atoms with E-state index < -0.39 is 11.6 Å². The average Bonchev–Trinajstić information content (AvgIpc) is 3.26. The summed E-state index contributed by atoms with van der Waals surface area (Å²) in [6.07, 6.45) is 6.07. The fourth-order valence-electron chi connectivity index (χ4n) is 3.61. The van der Waals surface area contributed by atoms with Crippen LogP contribution in [0.2, 0.25) is 0 Å². The Balaban J connectivity index is 1.50. The second kappa shape index (κ2) is 8.57. The van der Waals surface area contributed by atoms with Gasteiger partial charge in [-0.25, -0.2) is 18.2 Å². The molecule has 4 rings (SSSR count). The van der Waals surface area contributed by atoms with Crippen LogP contribution in [-0.4, -0.2) is 9.55 Å². The highest BCUT2D eigenvalue weighted by atomic mass is 19.1. The molecule has 0 aliphatic heterocycles. The van der Waals surface area contributed by atoms with Gasteiger partial charge in [-0.05, 0) is 46.9 Å². The molecule has 0 bridgehead atoms. The van der Waals surface area contributed by atoms with Crippen molar-refractivity contribution in [3.8, 4) is 11.1 Å². The number of halogens is 3. The van der Waals surface area contributed by atoms with Crippen LogP contribution in [0.25, 0.3) is 11.1 Å². The Kier molecular flexibility index (Phi) is 5.70. The van der Waals surface area contributed by atoms with Crippen LogP contribution in [0, 0.1) is 17.5 Å². The summed E-state index contributed by atoms with van der Waals surface area (Å²) in [6.45, 7) is 2.69. The highest BCUT2D eigenvalue weighted by Crippen LogP contribution is 2.30. The van der Waals surface area contributed by atoms with Gasteiger partial charge in [-0.15, -0.1) is 0 Å². The SMILES string of the molecule is CC(c1ccc(-c2ccc(F)cc2F)cc1)c1ccc(CCn2ccnc2)cc1F. The second-order valence-electron chi connectivity index (χ2n) is 7.37. The highest BCUT2D eigenvalue weighted by Gasteiger charge is 2.15. The van der Waals surface area contributed by atoms with Gasteiger partial charge in [0.05, 0.1) is 6.33 Å². The van der Waals surface area contributed by atoms with Crippen molar-refractivity contribution in [3.05, 3.63) is 114 Å². The average molecular weight is 406 g/mol. The van der Waals surface area contributed by atoms with Gasteiger partial charge in [-0.1, -0.05) is 43.3 Å². The zero-order valence-corrected chi connectivity index (χ0v) is 16.5. The lowest BCUT2D eigenvalue weighted by molar-refractivity contribution is 0.585. The van der Waals surface area contributed by atoms with Gasteiger partial charge in [-0.3, -0.25) is 0 Å². The predicted octanol–water partition coefficient (Wildman–Crippen LogP) is 6.36. The van der Waals surface area contributed by atoms with Crippen LogP contribution in [0.15, 0.2) is 79.4 Å². The zero-order valence-electron chi connectivity index (χ0n) is 16.5. The zero-order chi connectivity index (χ0) is 21.1. The number of hydrogen-bond donors (Lipinski definition) is 0. The maximum Gasteiger partial charge on any atom is 0.133 e. The van der Waals surface area contributed by atoms with Crippen molar-refractivity contribution < 1.29 is 13.2 Å². The molecular weight excluding hydrogens is 385 g/mol. The van der Waals surface area contributed by atoms with Crippen LogP contribution in [0.1, 0.15) is 29.5 Å². The molecule has 4 aromatic rings. The molecule has 0 aliphatic rings. The minimum Gasteiger partial charge on any atom is -0.337 e. The molecule has 0 amide bonds. The number of aromatic nitrogens is 2. The molecule has 0 fully saturated rings. The summed E-state index contributed by atoms with van der Waals surface area (Å²) in [5.74, 6) is -1.60. The lowest BCUT2D eigenvalue weighted by atomic mass is 9.90. The number of aryl methyl sites for hydroxylation is 2. The quantitative estimate of drug-likeness (QED) is 0.364. The molecule has 5 heteroatoms. The van der Waals surface area contributed by atoms with E-state index in [1.165, 1.54) is 12.1 Å². The summed E-state index contributed by atoms with van der Waals surface area (Å²) in [5, 5.41) is 0. The Hall–Kier alpha value is -3.34. The van der Waals surface area contributed by atoms with Crippen molar-refractivity contribution >= 4 is 0 Å². The fourth-order valence-corrected chi connectivity index (χ4v) is 3.61. The smallest absolute Gasteiger partial charge is 0.133 e. The molecule has 0 saturated carbocycles. The third-order valence-corrected chi connectivity index (χ3v) is 5.40. The van der Waals surface area contributed by atoms with Crippen molar-refractivity contribution in [2.24, 2.45) is 0 Å². The van der Waals surface area contributed by atoms with Crippen LogP contribution >= 0.6 is 0 Å². The molecule has 0 radical (unpaired) electrons. The van der Waals surface area contributed by atoms with Crippen molar-refractivity contribution in [2.45, 2.75) is 25.8 Å². The number of nitrogens with zero attached hydrogens (tertiary/aromatic N) is 2.